The molecule has 1 aromatic heterocycles. The third kappa shape index (κ3) is 2.71. The van der Waals surface area contributed by atoms with Gasteiger partial charge in [0.05, 0.1) is 4.92 Å². The van der Waals surface area contributed by atoms with E-state index < -0.39 is 0 Å². The molecule has 1 aliphatic heterocycles. The lowest BCUT2D eigenvalue weighted by atomic mass is 9.88. The molecule has 2 heterocycles. The van der Waals surface area contributed by atoms with Crippen molar-refractivity contribution in [1.29, 1.82) is 0 Å². The van der Waals surface area contributed by atoms with Gasteiger partial charge in [-0.3, -0.25) is 15.0 Å². The van der Waals surface area contributed by atoms with Crippen LogP contribution in [0.5, 0.6) is 0 Å². The van der Waals surface area contributed by atoms with E-state index in [1.54, 1.807) is 6.07 Å². The predicted octanol–water partition coefficient (Wildman–Crippen LogP) is 2.26. The molecule has 2 atom stereocenters. The molecular formula is C12H19N3O2S. The molecule has 0 aliphatic carbocycles. The molecule has 2 unspecified atom stereocenters. The molecule has 100 valence electrons. The predicted molar refractivity (Wildman–Crippen MR) is 73.0 cm³/mol. The Morgan fingerprint density at radius 1 is 1.61 bits per heavy atom. The summed E-state index contributed by atoms with van der Waals surface area (Å²) < 4.78 is 0. The lowest BCUT2D eigenvalue weighted by Crippen LogP contribution is -2.39. The van der Waals surface area contributed by atoms with Crippen LogP contribution in [0.15, 0.2) is 12.1 Å². The Labute approximate surface area is 111 Å². The number of nitro groups is 1. The van der Waals surface area contributed by atoms with Crippen LogP contribution in [0.25, 0.3) is 0 Å². The van der Waals surface area contributed by atoms with Gasteiger partial charge in [-0.25, -0.2) is 0 Å². The summed E-state index contributed by atoms with van der Waals surface area (Å²) >= 11 is 1.31. The summed E-state index contributed by atoms with van der Waals surface area (Å²) in [5.41, 5.74) is 0. The highest BCUT2D eigenvalue weighted by Crippen LogP contribution is 2.39. The van der Waals surface area contributed by atoms with E-state index in [1.165, 1.54) is 24.2 Å². The van der Waals surface area contributed by atoms with Crippen LogP contribution in [-0.4, -0.2) is 37.0 Å². The monoisotopic (exact) mass is 269 g/mol. The van der Waals surface area contributed by atoms with Crippen molar-refractivity contribution < 1.29 is 4.92 Å². The number of rotatable bonds is 4. The van der Waals surface area contributed by atoms with Crippen LogP contribution >= 0.6 is 11.3 Å². The molecule has 1 aliphatic rings. The Bertz CT molecular complexity index is 419. The van der Waals surface area contributed by atoms with E-state index in [1.807, 2.05) is 13.1 Å². The first-order valence-corrected chi connectivity index (χ1v) is 7.04. The molecule has 0 radical (unpaired) electrons. The maximum absolute atomic E-state index is 10.8. The highest BCUT2D eigenvalue weighted by Gasteiger charge is 2.32. The van der Waals surface area contributed by atoms with E-state index in [4.69, 9.17) is 0 Å². The van der Waals surface area contributed by atoms with Crippen molar-refractivity contribution in [3.8, 4) is 0 Å². The van der Waals surface area contributed by atoms with Gasteiger partial charge in [0, 0.05) is 17.0 Å². The second-order valence-electron chi connectivity index (χ2n) is 4.82. The van der Waals surface area contributed by atoms with Gasteiger partial charge in [-0.1, -0.05) is 11.3 Å². The summed E-state index contributed by atoms with van der Waals surface area (Å²) in [7, 11) is 4.07. The van der Waals surface area contributed by atoms with Crippen LogP contribution in [-0.2, 0) is 0 Å². The number of hydrogen-bond donors (Lipinski definition) is 1. The summed E-state index contributed by atoms with van der Waals surface area (Å²) in [6.45, 7) is 2.03. The van der Waals surface area contributed by atoms with Crippen molar-refractivity contribution >= 4 is 16.3 Å². The number of nitrogens with zero attached hydrogens (tertiary/aromatic N) is 2. The molecule has 6 heteroatoms. The van der Waals surface area contributed by atoms with E-state index in [0.717, 1.165) is 18.0 Å². The zero-order valence-electron chi connectivity index (χ0n) is 10.8. The summed E-state index contributed by atoms with van der Waals surface area (Å²) in [5.74, 6) is 0.534. The molecule has 1 fully saturated rings. The Morgan fingerprint density at radius 2 is 2.39 bits per heavy atom. The highest BCUT2D eigenvalue weighted by atomic mass is 32.1. The molecule has 1 N–H and O–H groups in total. The fraction of sp³-hybridized carbons (Fsp3) is 0.667. The molecule has 0 spiro atoms. The van der Waals surface area contributed by atoms with Crippen LogP contribution < -0.4 is 5.32 Å². The number of nitrogens with one attached hydrogen (secondary N) is 1. The van der Waals surface area contributed by atoms with Gasteiger partial charge in [-0.05, 0) is 52.0 Å². The fourth-order valence-corrected chi connectivity index (χ4v) is 3.87. The summed E-state index contributed by atoms with van der Waals surface area (Å²) in [6, 6.07) is 3.85. The van der Waals surface area contributed by atoms with Gasteiger partial charge in [0.15, 0.2) is 0 Å². The number of hydrogen-bond acceptors (Lipinski definition) is 5. The van der Waals surface area contributed by atoms with Gasteiger partial charge in [0.25, 0.3) is 0 Å². The maximum Gasteiger partial charge on any atom is 0.324 e. The van der Waals surface area contributed by atoms with Gasteiger partial charge in [-0.15, -0.1) is 0 Å². The van der Waals surface area contributed by atoms with E-state index in [9.17, 15) is 10.1 Å². The maximum atomic E-state index is 10.8. The minimum absolute atomic E-state index is 0.243. The normalized spacial score (nSPS) is 25.2. The molecular weight excluding hydrogens is 250 g/mol. The molecule has 0 bridgehead atoms. The van der Waals surface area contributed by atoms with Gasteiger partial charge >= 0.3 is 5.00 Å². The van der Waals surface area contributed by atoms with Crippen molar-refractivity contribution in [3.05, 3.63) is 27.1 Å². The molecule has 0 aromatic carbocycles. The van der Waals surface area contributed by atoms with Crippen LogP contribution in [0.2, 0.25) is 0 Å². The van der Waals surface area contributed by atoms with Crippen molar-refractivity contribution in [2.24, 2.45) is 5.92 Å². The topological polar surface area (TPSA) is 58.4 Å². The SMILES string of the molecule is CNCC1CCCN(C)C1c1ccc([N+](=O)[O-])s1. The van der Waals surface area contributed by atoms with Gasteiger partial charge < -0.3 is 5.32 Å². The standard InChI is InChI=1S/C12H19N3O2S/c1-13-8-9-4-3-7-14(2)12(9)10-5-6-11(18-10)15(16)17/h5-6,9,12-13H,3-4,7-8H2,1-2H3. The lowest BCUT2D eigenvalue weighted by molar-refractivity contribution is -0.380. The Balaban J connectivity index is 2.22. The minimum atomic E-state index is -0.302. The number of piperidine rings is 1. The molecule has 0 amide bonds. The fourth-order valence-electron chi connectivity index (χ4n) is 2.78. The summed E-state index contributed by atoms with van der Waals surface area (Å²) in [6.07, 6.45) is 2.38. The first-order valence-electron chi connectivity index (χ1n) is 6.22. The number of likely N-dealkylation sites (tertiary alicyclic amines) is 1. The first-order chi connectivity index (χ1) is 8.63. The zero-order chi connectivity index (χ0) is 13.1. The molecule has 0 saturated carbocycles. The quantitative estimate of drug-likeness (QED) is 0.673. The van der Waals surface area contributed by atoms with Crippen LogP contribution in [0.4, 0.5) is 5.00 Å². The van der Waals surface area contributed by atoms with Gasteiger partial charge in [0.2, 0.25) is 0 Å². The molecule has 5 nitrogen and oxygen atoms in total. The minimum Gasteiger partial charge on any atom is -0.319 e. The highest BCUT2D eigenvalue weighted by molar-refractivity contribution is 7.15. The molecule has 2 rings (SSSR count). The summed E-state index contributed by atoms with van der Waals surface area (Å²) in [4.78, 5) is 13.9. The zero-order valence-corrected chi connectivity index (χ0v) is 11.6. The number of thiophene rings is 1. The lowest BCUT2D eigenvalue weighted by Gasteiger charge is -2.38. The van der Waals surface area contributed by atoms with E-state index in [2.05, 4.69) is 17.3 Å². The van der Waals surface area contributed by atoms with E-state index in [-0.39, 0.29) is 9.92 Å². The largest absolute Gasteiger partial charge is 0.324 e. The second kappa shape index (κ2) is 5.77. The average molecular weight is 269 g/mol. The first kappa shape index (κ1) is 13.5. The average Bonchev–Trinajstić information content (AvgIpc) is 2.79. The Hall–Kier alpha value is -0.980. The van der Waals surface area contributed by atoms with Crippen molar-refractivity contribution in [2.45, 2.75) is 18.9 Å². The third-order valence-corrected chi connectivity index (χ3v) is 4.67. The van der Waals surface area contributed by atoms with Gasteiger partial charge in [-0.2, -0.15) is 0 Å². The van der Waals surface area contributed by atoms with Crippen molar-refractivity contribution in [2.75, 3.05) is 27.2 Å². The Morgan fingerprint density at radius 3 is 3.00 bits per heavy atom. The van der Waals surface area contributed by atoms with Crippen molar-refractivity contribution in [1.82, 2.24) is 10.2 Å². The van der Waals surface area contributed by atoms with E-state index >= 15 is 0 Å². The van der Waals surface area contributed by atoms with Crippen molar-refractivity contribution in [3.63, 3.8) is 0 Å². The second-order valence-corrected chi connectivity index (χ2v) is 5.91. The van der Waals surface area contributed by atoms with Crippen LogP contribution in [0.3, 0.4) is 0 Å². The van der Waals surface area contributed by atoms with Crippen LogP contribution in [0.1, 0.15) is 23.8 Å². The van der Waals surface area contributed by atoms with E-state index in [0.29, 0.717) is 12.0 Å². The molecule has 18 heavy (non-hydrogen) atoms. The third-order valence-electron chi connectivity index (χ3n) is 3.56. The van der Waals surface area contributed by atoms with Gasteiger partial charge in [0.1, 0.15) is 0 Å². The summed E-state index contributed by atoms with van der Waals surface area (Å²) in [5, 5.41) is 14.2. The smallest absolute Gasteiger partial charge is 0.319 e. The molecule has 1 aromatic rings. The molecule has 1 saturated heterocycles. The van der Waals surface area contributed by atoms with Crippen LogP contribution in [0, 0.1) is 16.0 Å². The Kier molecular flexibility index (Phi) is 4.31.